The van der Waals surface area contributed by atoms with E-state index in [0.29, 0.717) is 24.0 Å². The largest absolute Gasteiger partial charge is 0.461 e. The minimum atomic E-state index is 0.180. The number of rotatable bonds is 4. The number of aliphatic hydroxyl groups excluding tert-OH is 1. The molecule has 0 saturated carbocycles. The molecule has 1 saturated heterocycles. The van der Waals surface area contributed by atoms with Crippen LogP contribution in [0.1, 0.15) is 31.6 Å². The van der Waals surface area contributed by atoms with Crippen molar-refractivity contribution >= 4 is 0 Å². The fourth-order valence-corrected chi connectivity index (χ4v) is 2.65. The summed E-state index contributed by atoms with van der Waals surface area (Å²) in [5.74, 6) is 1.65. The van der Waals surface area contributed by atoms with Crippen LogP contribution in [0.2, 0.25) is 0 Å². The summed E-state index contributed by atoms with van der Waals surface area (Å²) in [7, 11) is 0. The Balaban J connectivity index is 1.70. The molecule has 1 N–H and O–H groups in total. The first-order valence-corrected chi connectivity index (χ1v) is 7.08. The van der Waals surface area contributed by atoms with Crippen LogP contribution in [-0.2, 0) is 6.54 Å². The summed E-state index contributed by atoms with van der Waals surface area (Å²) >= 11 is 0. The summed E-state index contributed by atoms with van der Waals surface area (Å²) < 4.78 is 10.5. The second kappa shape index (κ2) is 6.19. The lowest BCUT2D eigenvalue weighted by Gasteiger charge is -2.26. The number of nitrogens with zero attached hydrogens (tertiary/aromatic N) is 3. The van der Waals surface area contributed by atoms with Crippen LogP contribution in [0.4, 0.5) is 0 Å². The molecule has 6 nitrogen and oxygen atoms in total. The van der Waals surface area contributed by atoms with Crippen LogP contribution < -0.4 is 0 Å². The van der Waals surface area contributed by atoms with Crippen molar-refractivity contribution in [2.24, 2.45) is 0 Å². The zero-order valence-electron chi connectivity index (χ0n) is 11.4. The van der Waals surface area contributed by atoms with Crippen LogP contribution in [0.15, 0.2) is 27.3 Å². The topological polar surface area (TPSA) is 75.5 Å². The van der Waals surface area contributed by atoms with Gasteiger partial charge in [0.15, 0.2) is 5.76 Å². The predicted octanol–water partition coefficient (Wildman–Crippen LogP) is 2.07. The van der Waals surface area contributed by atoms with Gasteiger partial charge < -0.3 is 14.0 Å². The van der Waals surface area contributed by atoms with Gasteiger partial charge in [-0.1, -0.05) is 18.0 Å². The molecule has 2 aromatic rings. The second-order valence-electron chi connectivity index (χ2n) is 5.15. The van der Waals surface area contributed by atoms with Crippen LogP contribution in [0.25, 0.3) is 11.6 Å². The third-order valence-electron chi connectivity index (χ3n) is 3.76. The van der Waals surface area contributed by atoms with Gasteiger partial charge >= 0.3 is 0 Å². The molecule has 1 atom stereocenters. The lowest BCUT2D eigenvalue weighted by Crippen LogP contribution is -2.37. The van der Waals surface area contributed by atoms with Gasteiger partial charge in [0.1, 0.15) is 0 Å². The highest BCUT2D eigenvalue weighted by molar-refractivity contribution is 5.44. The summed E-state index contributed by atoms with van der Waals surface area (Å²) in [5, 5.41) is 13.4. The van der Waals surface area contributed by atoms with Crippen LogP contribution >= 0.6 is 0 Å². The van der Waals surface area contributed by atoms with E-state index in [9.17, 15) is 5.11 Å². The second-order valence-corrected chi connectivity index (χ2v) is 5.15. The van der Waals surface area contributed by atoms with Crippen molar-refractivity contribution in [2.75, 3.05) is 13.2 Å². The molecule has 1 aliphatic heterocycles. The van der Waals surface area contributed by atoms with E-state index in [1.54, 1.807) is 18.4 Å². The first kappa shape index (κ1) is 13.3. The van der Waals surface area contributed by atoms with Gasteiger partial charge in [0.2, 0.25) is 11.7 Å². The predicted molar refractivity (Wildman–Crippen MR) is 71.8 cm³/mol. The Morgan fingerprint density at radius 2 is 2.30 bits per heavy atom. The molecule has 1 aliphatic rings. The van der Waals surface area contributed by atoms with Gasteiger partial charge in [0.25, 0.3) is 0 Å². The van der Waals surface area contributed by atoms with E-state index in [1.807, 2.05) is 0 Å². The highest BCUT2D eigenvalue weighted by Crippen LogP contribution is 2.20. The van der Waals surface area contributed by atoms with Crippen LogP contribution in [0.3, 0.4) is 0 Å². The Labute approximate surface area is 117 Å². The fraction of sp³-hybridized carbons (Fsp3) is 0.571. The molecule has 1 unspecified atom stereocenters. The minimum Gasteiger partial charge on any atom is -0.461 e. The third-order valence-corrected chi connectivity index (χ3v) is 3.76. The molecule has 2 aromatic heterocycles. The van der Waals surface area contributed by atoms with E-state index in [1.165, 1.54) is 12.8 Å². The lowest BCUT2D eigenvalue weighted by molar-refractivity contribution is 0.107. The smallest absolute Gasteiger partial charge is 0.241 e. The molecule has 0 bridgehead atoms. The number of aromatic nitrogens is 2. The lowest BCUT2D eigenvalue weighted by atomic mass is 10.1. The van der Waals surface area contributed by atoms with Crippen LogP contribution in [0.5, 0.6) is 0 Å². The van der Waals surface area contributed by atoms with Crippen molar-refractivity contribution in [3.8, 4) is 11.6 Å². The third kappa shape index (κ3) is 2.91. The Hall–Kier alpha value is -1.66. The molecule has 6 heteroatoms. The highest BCUT2D eigenvalue weighted by atomic mass is 16.5. The normalized spacial score (nSPS) is 20.9. The molecule has 0 aromatic carbocycles. The van der Waals surface area contributed by atoms with Crippen molar-refractivity contribution in [1.82, 2.24) is 15.0 Å². The van der Waals surface area contributed by atoms with Gasteiger partial charge in [-0.15, -0.1) is 0 Å². The quantitative estimate of drug-likeness (QED) is 0.922. The van der Waals surface area contributed by atoms with Gasteiger partial charge in [-0.05, 0) is 31.5 Å². The maximum absolute atomic E-state index is 9.50. The van der Waals surface area contributed by atoms with Gasteiger partial charge in [-0.3, -0.25) is 4.90 Å². The molecule has 108 valence electrons. The highest BCUT2D eigenvalue weighted by Gasteiger charge is 2.22. The molecular weight excluding hydrogens is 258 g/mol. The minimum absolute atomic E-state index is 0.180. The Morgan fingerprint density at radius 3 is 3.10 bits per heavy atom. The fourth-order valence-electron chi connectivity index (χ4n) is 2.65. The van der Waals surface area contributed by atoms with E-state index in [2.05, 4.69) is 15.0 Å². The first-order chi connectivity index (χ1) is 9.86. The van der Waals surface area contributed by atoms with Crippen molar-refractivity contribution < 1.29 is 14.0 Å². The molecular formula is C14H19N3O3. The Morgan fingerprint density at radius 1 is 1.35 bits per heavy atom. The molecule has 0 radical (unpaired) electrons. The summed E-state index contributed by atoms with van der Waals surface area (Å²) in [6.07, 6.45) is 6.14. The van der Waals surface area contributed by atoms with E-state index in [4.69, 9.17) is 8.94 Å². The summed E-state index contributed by atoms with van der Waals surface area (Å²) in [5.41, 5.74) is 0. The van der Waals surface area contributed by atoms with E-state index < -0.39 is 0 Å². The standard InChI is InChI=1S/C14H19N3O3/c18-10-11-5-2-1-3-7-17(11)9-13-15-14(16-20-13)12-6-4-8-19-12/h4,6,8,11,18H,1-3,5,7,9-10H2. The maximum atomic E-state index is 9.50. The van der Waals surface area contributed by atoms with E-state index in [0.717, 1.165) is 19.4 Å². The number of hydrogen-bond donors (Lipinski definition) is 1. The Bertz CT molecular complexity index is 524. The molecule has 3 rings (SSSR count). The molecule has 3 heterocycles. The van der Waals surface area contributed by atoms with E-state index in [-0.39, 0.29) is 12.6 Å². The number of furan rings is 1. The molecule has 20 heavy (non-hydrogen) atoms. The van der Waals surface area contributed by atoms with Crippen LogP contribution in [-0.4, -0.2) is 39.3 Å². The number of aliphatic hydroxyl groups is 1. The van der Waals surface area contributed by atoms with Crippen molar-refractivity contribution in [2.45, 2.75) is 38.3 Å². The van der Waals surface area contributed by atoms with Gasteiger partial charge in [-0.2, -0.15) is 4.98 Å². The van der Waals surface area contributed by atoms with Crippen molar-refractivity contribution in [3.63, 3.8) is 0 Å². The van der Waals surface area contributed by atoms with Crippen LogP contribution in [0, 0.1) is 0 Å². The average Bonchev–Trinajstić information content (AvgIpc) is 3.08. The zero-order chi connectivity index (χ0) is 13.8. The summed E-state index contributed by atoms with van der Waals surface area (Å²) in [4.78, 5) is 6.58. The van der Waals surface area contributed by atoms with Crippen molar-refractivity contribution in [3.05, 3.63) is 24.3 Å². The monoisotopic (exact) mass is 277 g/mol. The number of hydrogen-bond acceptors (Lipinski definition) is 6. The maximum Gasteiger partial charge on any atom is 0.241 e. The van der Waals surface area contributed by atoms with Crippen molar-refractivity contribution in [1.29, 1.82) is 0 Å². The SMILES string of the molecule is OCC1CCCCCN1Cc1nc(-c2ccco2)no1. The molecule has 0 aliphatic carbocycles. The van der Waals surface area contributed by atoms with Gasteiger partial charge in [0.05, 0.1) is 19.4 Å². The molecule has 0 amide bonds. The average molecular weight is 277 g/mol. The number of likely N-dealkylation sites (tertiary alicyclic amines) is 1. The Kier molecular flexibility index (Phi) is 4.13. The first-order valence-electron chi connectivity index (χ1n) is 7.08. The van der Waals surface area contributed by atoms with Gasteiger partial charge in [0, 0.05) is 6.04 Å². The summed E-state index contributed by atoms with van der Waals surface area (Å²) in [6.45, 7) is 1.72. The summed E-state index contributed by atoms with van der Waals surface area (Å²) in [6, 6.07) is 3.79. The zero-order valence-corrected chi connectivity index (χ0v) is 11.4. The molecule has 0 spiro atoms. The van der Waals surface area contributed by atoms with Gasteiger partial charge in [-0.25, -0.2) is 0 Å². The van der Waals surface area contributed by atoms with E-state index >= 15 is 0 Å². The molecule has 1 fully saturated rings.